The highest BCUT2D eigenvalue weighted by Gasteiger charge is 2.04. The molecule has 0 unspecified atom stereocenters. The summed E-state index contributed by atoms with van der Waals surface area (Å²) in [5.74, 6) is 0. The molecule has 2 nitrogen and oxygen atoms in total. The van der Waals surface area contributed by atoms with Crippen molar-refractivity contribution >= 4 is 6.41 Å². The van der Waals surface area contributed by atoms with E-state index in [1.807, 2.05) is 6.41 Å². The van der Waals surface area contributed by atoms with Crippen LogP contribution >= 0.6 is 0 Å². The Bertz CT molecular complexity index is 104. The largest absolute Gasteiger partial charge is 0.334 e. The fourth-order valence-corrected chi connectivity index (χ4v) is 1.52. The first-order valence-corrected chi connectivity index (χ1v) is 4.56. The van der Waals surface area contributed by atoms with Crippen LogP contribution in [0.4, 0.5) is 0 Å². The van der Waals surface area contributed by atoms with Gasteiger partial charge in [0.05, 0.1) is 0 Å². The van der Waals surface area contributed by atoms with E-state index in [9.17, 15) is 4.79 Å². The summed E-state index contributed by atoms with van der Waals surface area (Å²) in [5, 5.41) is 0. The van der Waals surface area contributed by atoms with Crippen molar-refractivity contribution in [1.29, 1.82) is 0 Å². The van der Waals surface area contributed by atoms with Crippen LogP contribution in [0.3, 0.4) is 0 Å². The standard InChI is InChI=1S/C9H16NO/c11-9-10-7-5-3-1-2-4-6-8-10/h1-8H2. The van der Waals surface area contributed by atoms with E-state index in [1.165, 1.54) is 25.7 Å². The normalized spacial score (nSPS) is 21.6. The molecular formula is C9H16NO. The van der Waals surface area contributed by atoms with E-state index in [4.69, 9.17) is 0 Å². The van der Waals surface area contributed by atoms with Gasteiger partial charge in [0.1, 0.15) is 0 Å². The molecular weight excluding hydrogens is 138 g/mol. The third-order valence-electron chi connectivity index (χ3n) is 2.24. The van der Waals surface area contributed by atoms with Gasteiger partial charge >= 0.3 is 6.41 Å². The monoisotopic (exact) mass is 154 g/mol. The minimum atomic E-state index is 0.920. The molecule has 1 aliphatic rings. The molecule has 1 heterocycles. The first-order chi connectivity index (χ1) is 5.43. The van der Waals surface area contributed by atoms with E-state index in [1.54, 1.807) is 4.90 Å². The van der Waals surface area contributed by atoms with Crippen molar-refractivity contribution in [2.75, 3.05) is 13.1 Å². The van der Waals surface area contributed by atoms with Gasteiger partial charge in [-0.3, -0.25) is 4.79 Å². The van der Waals surface area contributed by atoms with Crippen LogP contribution in [0.15, 0.2) is 0 Å². The molecule has 0 aromatic carbocycles. The lowest BCUT2D eigenvalue weighted by atomic mass is 10.1. The summed E-state index contributed by atoms with van der Waals surface area (Å²) in [6.07, 6.45) is 9.54. The molecule has 0 saturated carbocycles. The average Bonchev–Trinajstić information content (AvgIpc) is 2.16. The van der Waals surface area contributed by atoms with Crippen LogP contribution in [0, 0.1) is 0 Å². The summed E-state index contributed by atoms with van der Waals surface area (Å²) in [6.45, 7) is 1.84. The van der Waals surface area contributed by atoms with Gasteiger partial charge in [-0.25, -0.2) is 0 Å². The molecule has 0 atom stereocenters. The van der Waals surface area contributed by atoms with E-state index in [0.717, 1.165) is 25.9 Å². The molecule has 11 heavy (non-hydrogen) atoms. The summed E-state index contributed by atoms with van der Waals surface area (Å²) >= 11 is 0. The third kappa shape index (κ3) is 3.40. The Morgan fingerprint density at radius 1 is 0.818 bits per heavy atom. The van der Waals surface area contributed by atoms with Gasteiger partial charge in [0.25, 0.3) is 0 Å². The van der Waals surface area contributed by atoms with Gasteiger partial charge in [0.2, 0.25) is 0 Å². The molecule has 1 fully saturated rings. The van der Waals surface area contributed by atoms with E-state index in [0.29, 0.717) is 0 Å². The second-order valence-corrected chi connectivity index (χ2v) is 3.20. The lowest BCUT2D eigenvalue weighted by Crippen LogP contribution is -2.23. The molecule has 1 aliphatic heterocycles. The van der Waals surface area contributed by atoms with Crippen molar-refractivity contribution in [1.82, 2.24) is 4.90 Å². The van der Waals surface area contributed by atoms with E-state index < -0.39 is 0 Å². The zero-order chi connectivity index (χ0) is 7.94. The second-order valence-electron chi connectivity index (χ2n) is 3.20. The molecule has 1 radical (unpaired) electrons. The van der Waals surface area contributed by atoms with Gasteiger partial charge in [-0.05, 0) is 12.8 Å². The molecule has 0 aromatic rings. The molecule has 0 spiro atoms. The molecule has 0 aliphatic carbocycles. The second kappa shape index (κ2) is 5.16. The lowest BCUT2D eigenvalue weighted by Gasteiger charge is -2.13. The van der Waals surface area contributed by atoms with Crippen molar-refractivity contribution in [2.45, 2.75) is 38.5 Å². The van der Waals surface area contributed by atoms with Crippen LogP contribution in [0.25, 0.3) is 0 Å². The van der Waals surface area contributed by atoms with Crippen LogP contribution in [-0.2, 0) is 4.79 Å². The molecule has 2 heteroatoms. The fraction of sp³-hybridized carbons (Fsp3) is 0.889. The summed E-state index contributed by atoms with van der Waals surface area (Å²) < 4.78 is 0. The van der Waals surface area contributed by atoms with Crippen LogP contribution < -0.4 is 0 Å². The van der Waals surface area contributed by atoms with E-state index in [2.05, 4.69) is 0 Å². The van der Waals surface area contributed by atoms with Crippen molar-refractivity contribution in [3.8, 4) is 0 Å². The zero-order valence-electron chi connectivity index (χ0n) is 7.01. The van der Waals surface area contributed by atoms with Crippen LogP contribution in [0.2, 0.25) is 0 Å². The van der Waals surface area contributed by atoms with E-state index >= 15 is 0 Å². The minimum absolute atomic E-state index is 0.920. The predicted octanol–water partition coefficient (Wildman–Crippen LogP) is 1.71. The Morgan fingerprint density at radius 2 is 1.27 bits per heavy atom. The quantitative estimate of drug-likeness (QED) is 0.563. The number of nitrogens with zero attached hydrogens (tertiary/aromatic N) is 1. The molecule has 1 amide bonds. The van der Waals surface area contributed by atoms with Gasteiger partial charge < -0.3 is 4.90 Å². The maximum atomic E-state index is 10.3. The van der Waals surface area contributed by atoms with E-state index in [-0.39, 0.29) is 0 Å². The third-order valence-corrected chi connectivity index (χ3v) is 2.24. The SMILES string of the molecule is O=[C]N1CCCCCCCC1. The highest BCUT2D eigenvalue weighted by molar-refractivity contribution is 5.47. The number of hydrogen-bond acceptors (Lipinski definition) is 1. The Kier molecular flexibility index (Phi) is 4.02. The summed E-state index contributed by atoms with van der Waals surface area (Å²) in [4.78, 5) is 12.1. The molecule has 63 valence electrons. The topological polar surface area (TPSA) is 20.3 Å². The summed E-state index contributed by atoms with van der Waals surface area (Å²) in [5.41, 5.74) is 0. The van der Waals surface area contributed by atoms with Gasteiger partial charge in [-0.2, -0.15) is 0 Å². The number of carbonyl (C=O) groups excluding carboxylic acids is 1. The number of amides is 1. The fourth-order valence-electron chi connectivity index (χ4n) is 1.52. The molecule has 0 N–H and O–H groups in total. The number of hydrogen-bond donors (Lipinski definition) is 0. The Hall–Kier alpha value is -0.530. The predicted molar refractivity (Wildman–Crippen MR) is 45.0 cm³/mol. The average molecular weight is 154 g/mol. The highest BCUT2D eigenvalue weighted by atomic mass is 16.1. The van der Waals surface area contributed by atoms with Gasteiger partial charge in [0.15, 0.2) is 0 Å². The maximum Gasteiger partial charge on any atom is 0.312 e. The molecule has 0 bridgehead atoms. The first kappa shape index (κ1) is 8.57. The molecule has 1 saturated heterocycles. The Labute approximate surface area is 68.6 Å². The van der Waals surface area contributed by atoms with Gasteiger partial charge in [-0.15, -0.1) is 0 Å². The molecule has 1 rings (SSSR count). The van der Waals surface area contributed by atoms with Crippen LogP contribution in [0.5, 0.6) is 0 Å². The number of rotatable bonds is 1. The Balaban J connectivity index is 2.24. The van der Waals surface area contributed by atoms with Gasteiger partial charge in [0, 0.05) is 13.1 Å². The summed E-state index contributed by atoms with van der Waals surface area (Å²) in [7, 11) is 0. The van der Waals surface area contributed by atoms with Crippen molar-refractivity contribution in [2.24, 2.45) is 0 Å². The van der Waals surface area contributed by atoms with Crippen LogP contribution in [0.1, 0.15) is 38.5 Å². The van der Waals surface area contributed by atoms with Crippen molar-refractivity contribution < 1.29 is 4.79 Å². The molecule has 0 aromatic heterocycles. The van der Waals surface area contributed by atoms with Crippen LogP contribution in [-0.4, -0.2) is 24.4 Å². The Morgan fingerprint density at radius 3 is 1.73 bits per heavy atom. The smallest absolute Gasteiger partial charge is 0.312 e. The maximum absolute atomic E-state index is 10.3. The van der Waals surface area contributed by atoms with Gasteiger partial charge in [-0.1, -0.05) is 25.7 Å². The van der Waals surface area contributed by atoms with Crippen molar-refractivity contribution in [3.05, 3.63) is 0 Å². The summed E-state index contributed by atoms with van der Waals surface area (Å²) in [6, 6.07) is 0. The zero-order valence-corrected chi connectivity index (χ0v) is 7.01. The highest BCUT2D eigenvalue weighted by Crippen LogP contribution is 2.09. The minimum Gasteiger partial charge on any atom is -0.334 e. The lowest BCUT2D eigenvalue weighted by molar-refractivity contribution is 0.371. The van der Waals surface area contributed by atoms with Crippen molar-refractivity contribution in [3.63, 3.8) is 0 Å². The first-order valence-electron chi connectivity index (χ1n) is 4.56.